The molecule has 10 rings (SSSR count). The van der Waals surface area contributed by atoms with Crippen molar-refractivity contribution in [3.05, 3.63) is 83.3 Å². The quantitative estimate of drug-likeness (QED) is 0.0648. The lowest BCUT2D eigenvalue weighted by molar-refractivity contribution is -0.160. The van der Waals surface area contributed by atoms with Crippen LogP contribution in [0.3, 0.4) is 0 Å². The summed E-state index contributed by atoms with van der Waals surface area (Å²) in [5, 5.41) is 6.54. The first-order valence-electron chi connectivity index (χ1n) is 22.3. The average Bonchev–Trinajstić information content (AvgIpc) is 3.97. The topological polar surface area (TPSA) is 110 Å². The average molecular weight is 840 g/mol. The largest absolute Gasteiger partial charge is 0.486 e. The Morgan fingerprint density at radius 2 is 1.89 bits per heavy atom. The van der Waals surface area contributed by atoms with Crippen LogP contribution in [0.25, 0.3) is 32.9 Å². The second-order valence-corrected chi connectivity index (χ2v) is 18.4. The summed E-state index contributed by atoms with van der Waals surface area (Å²) in [6.45, 7) is 12.4. The SMILES string of the molecule is C#Cc1ccc(COc2c(-c3c(C)c(F)cc4c3cnn4CC3CCCCO3)c(C3CC3)cc3c(N4C[C@@H]5C[C@H]4CCC5C(=O)OC(C)(C)C=C)nc(OC4COC4)nc23)cc1. The molecule has 2 aliphatic carbocycles. The second-order valence-electron chi connectivity index (χ2n) is 18.4. The molecule has 5 aliphatic rings. The highest BCUT2D eigenvalue weighted by Crippen LogP contribution is 2.54. The predicted octanol–water partition coefficient (Wildman–Crippen LogP) is 8.99. The van der Waals surface area contributed by atoms with Crippen molar-refractivity contribution >= 4 is 33.6 Å². The number of carbonyl (C=O) groups is 1. The van der Waals surface area contributed by atoms with Gasteiger partial charge in [0.25, 0.3) is 0 Å². The first-order valence-corrected chi connectivity index (χ1v) is 22.3. The normalized spacial score (nSPS) is 22.7. The van der Waals surface area contributed by atoms with E-state index in [2.05, 4.69) is 23.5 Å². The van der Waals surface area contributed by atoms with Crippen LogP contribution >= 0.6 is 0 Å². The standard InChI is InChI=1S/C50H54FN5O6/c1-6-30-11-13-31(14-12-30)26-60-46-44(43-29(3)41(51)22-42-40(43)23-52-56(42)25-35-10-8-9-19-59-35)38(32-15-16-32)21-39-45(46)53-49(61-36-27-58-28-36)54-47(39)55-24-33-20-34(55)17-18-37(33)48(57)62-50(4,5)7-2/h1,7,11-14,21-23,32-37H,2,8-10,15-20,24-28H2,3-5H3/t33-,34+,35?,37?/m0/s1. The lowest BCUT2D eigenvalue weighted by Gasteiger charge is -2.31. The molecule has 4 atom stereocenters. The maximum atomic E-state index is 16.6. The minimum absolute atomic E-state index is 0.0155. The number of aromatic nitrogens is 4. The number of benzene rings is 3. The number of esters is 1. The fraction of sp³-hybridized carbons (Fsp3) is 0.480. The van der Waals surface area contributed by atoms with Crippen LogP contribution in [-0.4, -0.2) is 75.9 Å². The summed E-state index contributed by atoms with van der Waals surface area (Å²) in [6, 6.07) is 12.0. The molecule has 62 heavy (non-hydrogen) atoms. The molecule has 12 heteroatoms. The van der Waals surface area contributed by atoms with E-state index in [-0.39, 0.29) is 60.4 Å². The van der Waals surface area contributed by atoms with E-state index >= 15 is 4.39 Å². The van der Waals surface area contributed by atoms with Gasteiger partial charge in [0.05, 0.1) is 43.5 Å². The highest BCUT2D eigenvalue weighted by Gasteiger charge is 2.46. The Balaban J connectivity index is 1.15. The van der Waals surface area contributed by atoms with Gasteiger partial charge in [-0.15, -0.1) is 6.42 Å². The first-order chi connectivity index (χ1) is 30.1. The Kier molecular flexibility index (Phi) is 10.7. The molecule has 5 heterocycles. The van der Waals surface area contributed by atoms with Gasteiger partial charge in [0.1, 0.15) is 35.5 Å². The molecule has 0 radical (unpaired) electrons. The molecule has 2 bridgehead atoms. The van der Waals surface area contributed by atoms with Gasteiger partial charge in [0, 0.05) is 52.7 Å². The van der Waals surface area contributed by atoms with Gasteiger partial charge < -0.3 is 28.6 Å². The molecule has 5 fully saturated rings. The van der Waals surface area contributed by atoms with Crippen LogP contribution in [0.15, 0.2) is 55.3 Å². The third-order valence-electron chi connectivity index (χ3n) is 13.6. The van der Waals surface area contributed by atoms with Gasteiger partial charge in [-0.1, -0.05) is 24.6 Å². The monoisotopic (exact) mass is 839 g/mol. The molecule has 0 amide bonds. The van der Waals surface area contributed by atoms with E-state index in [0.29, 0.717) is 48.6 Å². The maximum Gasteiger partial charge on any atom is 0.319 e. The number of anilines is 1. The molecule has 2 aromatic heterocycles. The van der Waals surface area contributed by atoms with Crippen molar-refractivity contribution in [1.29, 1.82) is 0 Å². The molecule has 2 unspecified atom stereocenters. The van der Waals surface area contributed by atoms with Gasteiger partial charge >= 0.3 is 12.0 Å². The maximum absolute atomic E-state index is 16.6. The number of hydrogen-bond acceptors (Lipinski definition) is 10. The molecule has 11 nitrogen and oxygen atoms in total. The van der Waals surface area contributed by atoms with E-state index in [9.17, 15) is 4.79 Å². The van der Waals surface area contributed by atoms with Crippen LogP contribution in [-0.2, 0) is 32.2 Å². The number of hydrogen-bond donors (Lipinski definition) is 0. The molecule has 3 aromatic carbocycles. The van der Waals surface area contributed by atoms with Gasteiger partial charge in [-0.05, 0) is 125 Å². The van der Waals surface area contributed by atoms with Crippen molar-refractivity contribution in [2.24, 2.45) is 11.8 Å². The van der Waals surface area contributed by atoms with Crippen LogP contribution in [0.1, 0.15) is 93.4 Å². The lowest BCUT2D eigenvalue weighted by Crippen LogP contribution is -2.39. The summed E-state index contributed by atoms with van der Waals surface area (Å²) in [4.78, 5) is 26.4. The van der Waals surface area contributed by atoms with E-state index in [1.54, 1.807) is 12.1 Å². The van der Waals surface area contributed by atoms with Crippen molar-refractivity contribution in [2.45, 2.75) is 115 Å². The predicted molar refractivity (Wildman–Crippen MR) is 235 cm³/mol. The zero-order valence-corrected chi connectivity index (χ0v) is 35.8. The minimum atomic E-state index is -0.753. The van der Waals surface area contributed by atoms with Crippen LogP contribution in [0.5, 0.6) is 11.8 Å². The van der Waals surface area contributed by atoms with E-state index in [1.807, 2.05) is 55.9 Å². The molecular formula is C50H54FN5O6. The van der Waals surface area contributed by atoms with Crippen LogP contribution in [0.4, 0.5) is 10.2 Å². The summed E-state index contributed by atoms with van der Waals surface area (Å²) < 4.78 is 49.5. The Morgan fingerprint density at radius 1 is 1.06 bits per heavy atom. The number of rotatable bonds is 13. The van der Waals surface area contributed by atoms with Crippen molar-refractivity contribution in [3.63, 3.8) is 0 Å². The van der Waals surface area contributed by atoms with Gasteiger partial charge in [-0.25, -0.2) is 4.39 Å². The zero-order valence-electron chi connectivity index (χ0n) is 35.8. The Morgan fingerprint density at radius 3 is 2.60 bits per heavy atom. The van der Waals surface area contributed by atoms with Gasteiger partial charge in [-0.2, -0.15) is 15.1 Å². The van der Waals surface area contributed by atoms with Crippen LogP contribution in [0.2, 0.25) is 0 Å². The Bertz CT molecular complexity index is 2590. The smallest absolute Gasteiger partial charge is 0.319 e. The summed E-state index contributed by atoms with van der Waals surface area (Å²) in [7, 11) is 0. The fourth-order valence-electron chi connectivity index (χ4n) is 9.86. The number of terminal acetylenes is 1. The Labute approximate surface area is 361 Å². The molecule has 5 aromatic rings. The molecule has 2 saturated carbocycles. The summed E-state index contributed by atoms with van der Waals surface area (Å²) in [5.41, 5.74) is 5.37. The van der Waals surface area contributed by atoms with E-state index in [4.69, 9.17) is 45.2 Å². The summed E-state index contributed by atoms with van der Waals surface area (Å²) >= 11 is 0. The number of carbonyl (C=O) groups excluding carboxylic acids is 1. The van der Waals surface area contributed by atoms with E-state index in [1.165, 1.54) is 0 Å². The number of fused-ring (bicyclic) bond motifs is 4. The van der Waals surface area contributed by atoms with Gasteiger partial charge in [0.15, 0.2) is 5.75 Å². The minimum Gasteiger partial charge on any atom is -0.486 e. The molecule has 322 valence electrons. The molecule has 3 aliphatic heterocycles. The Hall–Kier alpha value is -5.51. The van der Waals surface area contributed by atoms with E-state index in [0.717, 1.165) is 102 Å². The van der Waals surface area contributed by atoms with Crippen molar-refractivity contribution in [1.82, 2.24) is 19.7 Å². The molecule has 3 saturated heterocycles. The van der Waals surface area contributed by atoms with Crippen LogP contribution < -0.4 is 14.4 Å². The third-order valence-corrected chi connectivity index (χ3v) is 13.6. The first kappa shape index (κ1) is 40.6. The second kappa shape index (κ2) is 16.3. The summed E-state index contributed by atoms with van der Waals surface area (Å²) in [5.74, 6) is 3.56. The van der Waals surface area contributed by atoms with Crippen molar-refractivity contribution < 1.29 is 32.9 Å². The van der Waals surface area contributed by atoms with Crippen molar-refractivity contribution in [2.75, 3.05) is 31.3 Å². The van der Waals surface area contributed by atoms with Gasteiger partial charge in [-0.3, -0.25) is 9.48 Å². The number of halogens is 1. The highest BCUT2D eigenvalue weighted by atomic mass is 19.1. The van der Waals surface area contributed by atoms with Crippen LogP contribution in [0, 0.1) is 36.9 Å². The van der Waals surface area contributed by atoms with E-state index < -0.39 is 5.60 Å². The lowest BCUT2D eigenvalue weighted by atomic mass is 9.80. The molecular weight excluding hydrogens is 786 g/mol. The zero-order chi connectivity index (χ0) is 42.7. The summed E-state index contributed by atoms with van der Waals surface area (Å²) in [6.07, 6.45) is 16.5. The van der Waals surface area contributed by atoms with Crippen molar-refractivity contribution in [3.8, 4) is 35.2 Å². The number of ether oxygens (including phenoxy) is 5. The number of nitrogens with zero attached hydrogens (tertiary/aromatic N) is 5. The molecule has 0 N–H and O–H groups in total. The fourth-order valence-corrected chi connectivity index (χ4v) is 9.86. The van der Waals surface area contributed by atoms with Gasteiger partial charge in [0.2, 0.25) is 0 Å². The molecule has 0 spiro atoms. The highest BCUT2D eigenvalue weighted by molar-refractivity contribution is 6.06. The third kappa shape index (κ3) is 7.68.